The summed E-state index contributed by atoms with van der Waals surface area (Å²) in [6.07, 6.45) is 0.223. The Balaban J connectivity index is 2.01. The van der Waals surface area contributed by atoms with Crippen molar-refractivity contribution in [1.82, 2.24) is 15.5 Å². The molecule has 1 amide bonds. The second-order valence-corrected chi connectivity index (χ2v) is 7.16. The van der Waals surface area contributed by atoms with Crippen LogP contribution in [0.3, 0.4) is 0 Å². The predicted octanol–water partition coefficient (Wildman–Crippen LogP) is 3.20. The number of halogens is 3. The number of benzene rings is 1. The van der Waals surface area contributed by atoms with Gasteiger partial charge in [-0.25, -0.2) is 4.99 Å². The van der Waals surface area contributed by atoms with Crippen molar-refractivity contribution in [1.29, 1.82) is 0 Å². The minimum atomic E-state index is -4.42. The lowest BCUT2D eigenvalue weighted by Gasteiger charge is -2.22. The molecule has 0 heterocycles. The van der Waals surface area contributed by atoms with Crippen molar-refractivity contribution in [2.24, 2.45) is 4.99 Å². The zero-order valence-corrected chi connectivity index (χ0v) is 16.7. The number of nitrogens with one attached hydrogen (secondary N) is 2. The van der Waals surface area contributed by atoms with E-state index < -0.39 is 18.6 Å². The van der Waals surface area contributed by atoms with Crippen LogP contribution in [0, 0.1) is 0 Å². The molecule has 1 atom stereocenters. The summed E-state index contributed by atoms with van der Waals surface area (Å²) in [4.78, 5) is 16.7. The summed E-state index contributed by atoms with van der Waals surface area (Å²) in [5.41, 5.74) is 3.90. The first-order valence-electron chi connectivity index (χ1n) is 9.67. The average molecular weight is 398 g/mol. The number of aliphatic imine (C=N–C) groups is 1. The number of carbonyl (C=O) groups is 1. The number of amides is 1. The zero-order valence-electron chi connectivity index (χ0n) is 16.7. The van der Waals surface area contributed by atoms with Gasteiger partial charge in [-0.2, -0.15) is 13.2 Å². The highest BCUT2D eigenvalue weighted by molar-refractivity contribution is 5.85. The molecule has 156 valence electrons. The van der Waals surface area contributed by atoms with Crippen molar-refractivity contribution in [2.45, 2.75) is 51.7 Å². The highest BCUT2D eigenvalue weighted by atomic mass is 19.4. The van der Waals surface area contributed by atoms with E-state index in [2.05, 4.69) is 33.8 Å². The number of nitrogens with zero attached hydrogens (tertiary/aromatic N) is 2. The normalized spacial score (nSPS) is 15.6. The number of rotatable bonds is 6. The van der Waals surface area contributed by atoms with E-state index in [1.807, 2.05) is 13.8 Å². The molecule has 1 unspecified atom stereocenters. The van der Waals surface area contributed by atoms with Gasteiger partial charge in [0.1, 0.15) is 13.1 Å². The van der Waals surface area contributed by atoms with Gasteiger partial charge in [0.2, 0.25) is 5.91 Å². The largest absolute Gasteiger partial charge is 0.406 e. The molecule has 0 radical (unpaired) electrons. The van der Waals surface area contributed by atoms with E-state index in [1.165, 1.54) is 24.0 Å². The standard InChI is InChI=1S/C20H29F3N4O/c1-4-24-19(25-12-18(28)27(3)13-20(21,22)23)26-14(2)16-10-9-15-7-5-6-8-17(15)11-16/h9-11,14H,4-8,12-13H2,1-3H3,(H2,24,25,26). The van der Waals surface area contributed by atoms with Crippen LogP contribution in [0.1, 0.15) is 49.4 Å². The number of guanidine groups is 1. The summed E-state index contributed by atoms with van der Waals surface area (Å²) < 4.78 is 37.2. The second kappa shape index (κ2) is 9.80. The van der Waals surface area contributed by atoms with E-state index in [-0.39, 0.29) is 12.6 Å². The van der Waals surface area contributed by atoms with Crippen LogP contribution in [0.15, 0.2) is 23.2 Å². The first-order valence-corrected chi connectivity index (χ1v) is 9.67. The molecule has 2 N–H and O–H groups in total. The van der Waals surface area contributed by atoms with Crippen LogP contribution in [0.2, 0.25) is 0 Å². The number of hydrogen-bond acceptors (Lipinski definition) is 2. The Kier molecular flexibility index (Phi) is 7.71. The third kappa shape index (κ3) is 6.73. The van der Waals surface area contributed by atoms with Crippen molar-refractivity contribution in [3.05, 3.63) is 34.9 Å². The number of fused-ring (bicyclic) bond motifs is 1. The van der Waals surface area contributed by atoms with E-state index in [0.29, 0.717) is 17.4 Å². The second-order valence-electron chi connectivity index (χ2n) is 7.16. The monoisotopic (exact) mass is 398 g/mol. The minimum Gasteiger partial charge on any atom is -0.357 e. The summed E-state index contributed by atoms with van der Waals surface area (Å²) in [6.45, 7) is 2.83. The molecule has 0 aliphatic heterocycles. The SMILES string of the molecule is CCNC(=NCC(=O)N(C)CC(F)(F)F)NC(C)c1ccc2c(c1)CCCC2. The van der Waals surface area contributed by atoms with Gasteiger partial charge in [0.15, 0.2) is 5.96 Å². The molecule has 0 spiro atoms. The third-order valence-electron chi connectivity index (χ3n) is 4.78. The molecular formula is C20H29F3N4O. The van der Waals surface area contributed by atoms with Crippen LogP contribution in [0.5, 0.6) is 0 Å². The van der Waals surface area contributed by atoms with Crippen LogP contribution in [0.4, 0.5) is 13.2 Å². The predicted molar refractivity (Wildman–Crippen MR) is 104 cm³/mol. The zero-order chi connectivity index (χ0) is 20.7. The lowest BCUT2D eigenvalue weighted by atomic mass is 9.89. The van der Waals surface area contributed by atoms with E-state index in [9.17, 15) is 18.0 Å². The Labute approximate surface area is 164 Å². The first kappa shape index (κ1) is 22.0. The van der Waals surface area contributed by atoms with Crippen LogP contribution < -0.4 is 10.6 Å². The molecular weight excluding hydrogens is 369 g/mol. The Morgan fingerprint density at radius 2 is 1.93 bits per heavy atom. The summed E-state index contributed by atoms with van der Waals surface area (Å²) >= 11 is 0. The number of alkyl halides is 3. The van der Waals surface area contributed by atoms with Gasteiger partial charge in [-0.3, -0.25) is 4.79 Å². The Bertz CT molecular complexity index is 703. The van der Waals surface area contributed by atoms with Gasteiger partial charge in [0.05, 0.1) is 6.04 Å². The third-order valence-corrected chi connectivity index (χ3v) is 4.78. The molecule has 28 heavy (non-hydrogen) atoms. The molecule has 5 nitrogen and oxygen atoms in total. The summed E-state index contributed by atoms with van der Waals surface area (Å²) in [6, 6.07) is 6.42. The van der Waals surface area contributed by atoms with Crippen molar-refractivity contribution >= 4 is 11.9 Å². The number of aryl methyl sites for hydroxylation is 2. The molecule has 1 aliphatic rings. The fourth-order valence-electron chi connectivity index (χ4n) is 3.26. The Hall–Kier alpha value is -2.25. The molecule has 0 fully saturated rings. The molecule has 1 aromatic carbocycles. The number of hydrogen-bond donors (Lipinski definition) is 2. The van der Waals surface area contributed by atoms with Crippen molar-refractivity contribution in [3.8, 4) is 0 Å². The molecule has 1 aliphatic carbocycles. The quantitative estimate of drug-likeness (QED) is 0.572. The summed E-state index contributed by atoms with van der Waals surface area (Å²) in [7, 11) is 1.13. The van der Waals surface area contributed by atoms with Crippen molar-refractivity contribution in [3.63, 3.8) is 0 Å². The molecule has 1 aromatic rings. The number of likely N-dealkylation sites (N-methyl/N-ethyl adjacent to an activating group) is 1. The van der Waals surface area contributed by atoms with Crippen molar-refractivity contribution in [2.75, 3.05) is 26.7 Å². The topological polar surface area (TPSA) is 56.7 Å². The molecule has 0 saturated carbocycles. The van der Waals surface area contributed by atoms with Crippen LogP contribution in [-0.2, 0) is 17.6 Å². The van der Waals surface area contributed by atoms with Gasteiger partial charge < -0.3 is 15.5 Å². The van der Waals surface area contributed by atoms with Gasteiger partial charge in [0, 0.05) is 13.6 Å². The van der Waals surface area contributed by atoms with Crippen LogP contribution >= 0.6 is 0 Å². The first-order chi connectivity index (χ1) is 13.2. The van der Waals surface area contributed by atoms with Crippen LogP contribution in [-0.4, -0.2) is 49.6 Å². The maximum Gasteiger partial charge on any atom is 0.406 e. The highest BCUT2D eigenvalue weighted by Crippen LogP contribution is 2.24. The van der Waals surface area contributed by atoms with Gasteiger partial charge >= 0.3 is 6.18 Å². The lowest BCUT2D eigenvalue weighted by molar-refractivity contribution is -0.157. The molecule has 0 bridgehead atoms. The molecule has 0 aromatic heterocycles. The van der Waals surface area contributed by atoms with Gasteiger partial charge in [-0.15, -0.1) is 0 Å². The summed E-state index contributed by atoms with van der Waals surface area (Å²) in [5, 5.41) is 6.26. The van der Waals surface area contributed by atoms with Crippen molar-refractivity contribution < 1.29 is 18.0 Å². The fourth-order valence-corrected chi connectivity index (χ4v) is 3.26. The smallest absolute Gasteiger partial charge is 0.357 e. The van der Waals surface area contributed by atoms with E-state index in [4.69, 9.17) is 0 Å². The number of carbonyl (C=O) groups excluding carboxylic acids is 1. The average Bonchev–Trinajstić information content (AvgIpc) is 2.64. The van der Waals surface area contributed by atoms with E-state index >= 15 is 0 Å². The minimum absolute atomic E-state index is 0.0481. The maximum absolute atomic E-state index is 12.4. The van der Waals surface area contributed by atoms with E-state index in [1.54, 1.807) is 0 Å². The Morgan fingerprint density at radius 1 is 1.25 bits per heavy atom. The van der Waals surface area contributed by atoms with E-state index in [0.717, 1.165) is 25.5 Å². The lowest BCUT2D eigenvalue weighted by Crippen LogP contribution is -2.41. The molecule has 0 saturated heterocycles. The summed E-state index contributed by atoms with van der Waals surface area (Å²) in [5.74, 6) is -0.280. The fraction of sp³-hybridized carbons (Fsp3) is 0.600. The van der Waals surface area contributed by atoms with Gasteiger partial charge in [-0.1, -0.05) is 18.2 Å². The van der Waals surface area contributed by atoms with Gasteiger partial charge in [0.25, 0.3) is 0 Å². The molecule has 2 rings (SSSR count). The Morgan fingerprint density at radius 3 is 2.57 bits per heavy atom. The van der Waals surface area contributed by atoms with Crippen LogP contribution in [0.25, 0.3) is 0 Å². The maximum atomic E-state index is 12.4. The molecule has 8 heteroatoms. The highest BCUT2D eigenvalue weighted by Gasteiger charge is 2.31. The van der Waals surface area contributed by atoms with Gasteiger partial charge in [-0.05, 0) is 56.2 Å².